The highest BCUT2D eigenvalue weighted by atomic mass is 16.3. The van der Waals surface area contributed by atoms with Crippen molar-refractivity contribution >= 4 is 0 Å². The van der Waals surface area contributed by atoms with Crippen molar-refractivity contribution in [1.82, 2.24) is 0 Å². The van der Waals surface area contributed by atoms with Crippen LogP contribution in [-0.2, 0) is 0 Å². The summed E-state index contributed by atoms with van der Waals surface area (Å²) in [5.41, 5.74) is 0.780. The number of hydrogen-bond acceptors (Lipinski definition) is 2. The van der Waals surface area contributed by atoms with Gasteiger partial charge in [-0.1, -0.05) is 25.3 Å². The van der Waals surface area contributed by atoms with Crippen molar-refractivity contribution in [1.29, 1.82) is 0 Å². The van der Waals surface area contributed by atoms with Crippen molar-refractivity contribution in [3.8, 4) is 0 Å². The van der Waals surface area contributed by atoms with Gasteiger partial charge < -0.3 is 10.2 Å². The number of allylic oxidation sites excluding steroid dienone is 1. The van der Waals surface area contributed by atoms with E-state index in [4.69, 9.17) is 10.2 Å². The second kappa shape index (κ2) is 5.33. The standard InChI is InChI=1S/C10H18O2/c11-7-10(8-12)6-9-4-2-1-3-5-9/h6,9,11-12H,1-5,7-8H2. The van der Waals surface area contributed by atoms with Crippen molar-refractivity contribution in [2.45, 2.75) is 32.1 Å². The molecule has 0 bridgehead atoms. The summed E-state index contributed by atoms with van der Waals surface area (Å²) in [6.45, 7) is 0.0139. The molecule has 0 aromatic rings. The fraction of sp³-hybridized carbons (Fsp3) is 0.800. The van der Waals surface area contributed by atoms with Crippen LogP contribution in [0.2, 0.25) is 0 Å². The normalized spacial score (nSPS) is 19.2. The minimum atomic E-state index is 0.00694. The Hall–Kier alpha value is -0.340. The summed E-state index contributed by atoms with van der Waals surface area (Å²) in [5, 5.41) is 17.7. The first kappa shape index (κ1) is 9.75. The summed E-state index contributed by atoms with van der Waals surface area (Å²) >= 11 is 0. The van der Waals surface area contributed by atoms with Crippen molar-refractivity contribution in [3.05, 3.63) is 11.6 Å². The zero-order valence-electron chi connectivity index (χ0n) is 7.50. The lowest BCUT2D eigenvalue weighted by molar-refractivity contribution is 0.273. The van der Waals surface area contributed by atoms with Gasteiger partial charge in [0.2, 0.25) is 0 Å². The maximum Gasteiger partial charge on any atom is 0.0663 e. The van der Waals surface area contributed by atoms with Crippen LogP contribution in [0, 0.1) is 5.92 Å². The molecule has 0 heterocycles. The lowest BCUT2D eigenvalue weighted by atomic mass is 9.88. The minimum absolute atomic E-state index is 0.00694. The van der Waals surface area contributed by atoms with E-state index in [1.165, 1.54) is 32.1 Å². The molecule has 0 atom stereocenters. The van der Waals surface area contributed by atoms with Gasteiger partial charge in [-0.2, -0.15) is 0 Å². The Labute approximate surface area is 73.9 Å². The Bertz CT molecular complexity index is 140. The van der Waals surface area contributed by atoms with Crippen molar-refractivity contribution in [2.24, 2.45) is 5.92 Å². The van der Waals surface area contributed by atoms with Crippen molar-refractivity contribution < 1.29 is 10.2 Å². The fourth-order valence-electron chi connectivity index (χ4n) is 1.79. The molecule has 0 saturated heterocycles. The molecule has 1 rings (SSSR count). The van der Waals surface area contributed by atoms with Gasteiger partial charge in [0, 0.05) is 0 Å². The molecule has 0 amide bonds. The molecule has 1 saturated carbocycles. The zero-order valence-corrected chi connectivity index (χ0v) is 7.50. The van der Waals surface area contributed by atoms with E-state index < -0.39 is 0 Å². The molecule has 0 spiro atoms. The topological polar surface area (TPSA) is 40.5 Å². The smallest absolute Gasteiger partial charge is 0.0663 e. The maximum absolute atomic E-state index is 8.83. The summed E-state index contributed by atoms with van der Waals surface area (Å²) in [5.74, 6) is 0.605. The molecule has 0 unspecified atom stereocenters. The molecule has 12 heavy (non-hydrogen) atoms. The van der Waals surface area contributed by atoms with Gasteiger partial charge in [0.05, 0.1) is 13.2 Å². The van der Waals surface area contributed by atoms with Crippen LogP contribution in [0.3, 0.4) is 0 Å². The molecule has 2 N–H and O–H groups in total. The van der Waals surface area contributed by atoms with E-state index in [1.54, 1.807) is 0 Å². The first-order chi connectivity index (χ1) is 5.86. The Morgan fingerprint density at radius 1 is 1.08 bits per heavy atom. The van der Waals surface area contributed by atoms with Crippen LogP contribution in [0.15, 0.2) is 11.6 Å². The fourth-order valence-corrected chi connectivity index (χ4v) is 1.79. The summed E-state index contributed by atoms with van der Waals surface area (Å²) in [4.78, 5) is 0. The van der Waals surface area contributed by atoms with E-state index in [1.807, 2.05) is 0 Å². The van der Waals surface area contributed by atoms with E-state index >= 15 is 0 Å². The van der Waals surface area contributed by atoms with Crippen molar-refractivity contribution in [2.75, 3.05) is 13.2 Å². The third-order valence-electron chi connectivity index (χ3n) is 2.53. The molecule has 2 nitrogen and oxygen atoms in total. The van der Waals surface area contributed by atoms with Gasteiger partial charge >= 0.3 is 0 Å². The highest BCUT2D eigenvalue weighted by Crippen LogP contribution is 2.25. The largest absolute Gasteiger partial charge is 0.392 e. The Morgan fingerprint density at radius 3 is 2.17 bits per heavy atom. The van der Waals surface area contributed by atoms with Gasteiger partial charge in [0.25, 0.3) is 0 Å². The monoisotopic (exact) mass is 170 g/mol. The zero-order chi connectivity index (χ0) is 8.81. The number of rotatable bonds is 3. The lowest BCUT2D eigenvalue weighted by Crippen LogP contribution is -2.06. The summed E-state index contributed by atoms with van der Waals surface area (Å²) < 4.78 is 0. The van der Waals surface area contributed by atoms with E-state index in [9.17, 15) is 0 Å². The summed E-state index contributed by atoms with van der Waals surface area (Å²) in [6, 6.07) is 0. The van der Waals surface area contributed by atoms with Crippen LogP contribution < -0.4 is 0 Å². The van der Waals surface area contributed by atoms with Crippen LogP contribution in [0.4, 0.5) is 0 Å². The van der Waals surface area contributed by atoms with E-state index in [2.05, 4.69) is 6.08 Å². The Morgan fingerprint density at radius 2 is 1.67 bits per heavy atom. The van der Waals surface area contributed by atoms with Gasteiger partial charge in [-0.3, -0.25) is 0 Å². The van der Waals surface area contributed by atoms with E-state index in [0.29, 0.717) is 5.92 Å². The second-order valence-corrected chi connectivity index (χ2v) is 3.54. The Balaban J connectivity index is 2.39. The molecule has 0 aromatic heterocycles. The third kappa shape index (κ3) is 2.95. The van der Waals surface area contributed by atoms with Gasteiger partial charge in [0.15, 0.2) is 0 Å². The van der Waals surface area contributed by atoms with Gasteiger partial charge in [0.1, 0.15) is 0 Å². The number of aliphatic hydroxyl groups is 2. The van der Waals surface area contributed by atoms with Crippen LogP contribution in [0.1, 0.15) is 32.1 Å². The van der Waals surface area contributed by atoms with Gasteiger partial charge in [-0.05, 0) is 24.3 Å². The first-order valence-corrected chi connectivity index (χ1v) is 4.78. The molecule has 70 valence electrons. The highest BCUT2D eigenvalue weighted by Gasteiger charge is 2.11. The minimum Gasteiger partial charge on any atom is -0.392 e. The number of aliphatic hydroxyl groups excluding tert-OH is 2. The molecule has 0 aliphatic heterocycles. The molecule has 1 fully saturated rings. The van der Waals surface area contributed by atoms with Crippen LogP contribution in [0.5, 0.6) is 0 Å². The lowest BCUT2D eigenvalue weighted by Gasteiger charge is -2.18. The van der Waals surface area contributed by atoms with E-state index in [0.717, 1.165) is 5.57 Å². The average molecular weight is 170 g/mol. The molecule has 0 aromatic carbocycles. The van der Waals surface area contributed by atoms with E-state index in [-0.39, 0.29) is 13.2 Å². The third-order valence-corrected chi connectivity index (χ3v) is 2.53. The molecule has 2 heteroatoms. The quantitative estimate of drug-likeness (QED) is 0.630. The number of hydrogen-bond donors (Lipinski definition) is 2. The Kier molecular flexibility index (Phi) is 4.33. The van der Waals surface area contributed by atoms with Crippen LogP contribution in [-0.4, -0.2) is 23.4 Å². The van der Waals surface area contributed by atoms with Crippen LogP contribution >= 0.6 is 0 Å². The highest BCUT2D eigenvalue weighted by molar-refractivity contribution is 5.05. The van der Waals surface area contributed by atoms with Crippen molar-refractivity contribution in [3.63, 3.8) is 0 Å². The summed E-state index contributed by atoms with van der Waals surface area (Å²) in [6.07, 6.45) is 8.45. The van der Waals surface area contributed by atoms with Gasteiger partial charge in [-0.15, -0.1) is 0 Å². The predicted molar refractivity (Wildman–Crippen MR) is 48.8 cm³/mol. The maximum atomic E-state index is 8.83. The van der Waals surface area contributed by atoms with Crippen LogP contribution in [0.25, 0.3) is 0 Å². The molecule has 1 aliphatic carbocycles. The average Bonchev–Trinajstić information content (AvgIpc) is 2.16. The molecule has 1 aliphatic rings. The first-order valence-electron chi connectivity index (χ1n) is 4.78. The SMILES string of the molecule is OCC(=CC1CCCCC1)CO. The predicted octanol–water partition coefficient (Wildman–Crippen LogP) is 1.48. The van der Waals surface area contributed by atoms with Gasteiger partial charge in [-0.25, -0.2) is 0 Å². The second-order valence-electron chi connectivity index (χ2n) is 3.54. The molecular formula is C10H18O2. The summed E-state index contributed by atoms with van der Waals surface area (Å²) in [7, 11) is 0. The molecular weight excluding hydrogens is 152 g/mol. The molecule has 0 radical (unpaired) electrons.